The lowest BCUT2D eigenvalue weighted by Gasteiger charge is -2.10. The predicted octanol–water partition coefficient (Wildman–Crippen LogP) is 3.14. The van der Waals surface area contributed by atoms with Crippen LogP contribution in [0.15, 0.2) is 36.4 Å². The average molecular weight is 326 g/mol. The summed E-state index contributed by atoms with van der Waals surface area (Å²) < 4.78 is 9.21. The maximum absolute atomic E-state index is 11.5. The molecule has 0 atom stereocenters. The predicted molar refractivity (Wildman–Crippen MR) is 89.1 cm³/mol. The van der Waals surface area contributed by atoms with Crippen LogP contribution in [0.2, 0.25) is 0 Å². The van der Waals surface area contributed by atoms with Crippen molar-refractivity contribution in [2.24, 2.45) is 0 Å². The van der Waals surface area contributed by atoms with Crippen molar-refractivity contribution in [2.45, 2.75) is 0 Å². The van der Waals surface area contributed by atoms with Gasteiger partial charge in [0.2, 0.25) is 0 Å². The first kappa shape index (κ1) is 15.5. The molecule has 2 aromatic carbocycles. The van der Waals surface area contributed by atoms with E-state index in [1.165, 1.54) is 14.2 Å². The van der Waals surface area contributed by atoms with Gasteiger partial charge in [0.25, 0.3) is 0 Å². The molecule has 3 aromatic rings. The Balaban J connectivity index is 2.16. The van der Waals surface area contributed by atoms with E-state index in [4.69, 9.17) is 0 Å². The van der Waals surface area contributed by atoms with Gasteiger partial charge in [-0.2, -0.15) is 0 Å². The number of ether oxygens (including phenoxy) is 2. The van der Waals surface area contributed by atoms with Crippen LogP contribution in [-0.4, -0.2) is 36.4 Å². The van der Waals surface area contributed by atoms with Crippen molar-refractivity contribution in [3.63, 3.8) is 0 Å². The van der Waals surface area contributed by atoms with Gasteiger partial charge < -0.3 is 9.47 Å². The van der Waals surface area contributed by atoms with Crippen molar-refractivity contribution < 1.29 is 19.1 Å². The molecular weight excluding hydrogens is 312 g/mol. The number of amides is 2. The van der Waals surface area contributed by atoms with Gasteiger partial charge in [-0.25, -0.2) is 19.6 Å². The van der Waals surface area contributed by atoms with E-state index in [0.717, 1.165) is 0 Å². The molecular formula is C16H14N4O4. The third-order valence-corrected chi connectivity index (χ3v) is 3.34. The number of carbonyl (C=O) groups excluding carboxylic acids is 2. The fraction of sp³-hybridized carbons (Fsp3) is 0.125. The van der Waals surface area contributed by atoms with Crippen molar-refractivity contribution in [2.75, 3.05) is 24.9 Å². The van der Waals surface area contributed by atoms with Gasteiger partial charge in [-0.3, -0.25) is 10.6 Å². The Hall–Kier alpha value is -3.42. The summed E-state index contributed by atoms with van der Waals surface area (Å²) in [4.78, 5) is 32.0. The molecule has 0 bridgehead atoms. The number of nitrogens with one attached hydrogen (secondary N) is 2. The second-order valence-electron chi connectivity index (χ2n) is 4.80. The van der Waals surface area contributed by atoms with Gasteiger partial charge in [0.05, 0.1) is 36.6 Å². The number of rotatable bonds is 2. The summed E-state index contributed by atoms with van der Waals surface area (Å²) in [6.45, 7) is 0. The highest BCUT2D eigenvalue weighted by molar-refractivity contribution is 6.03. The molecule has 2 amide bonds. The van der Waals surface area contributed by atoms with E-state index in [1.54, 1.807) is 36.4 Å². The number of fused-ring (bicyclic) bond motifs is 2. The van der Waals surface area contributed by atoms with Crippen molar-refractivity contribution in [3.8, 4) is 0 Å². The van der Waals surface area contributed by atoms with Crippen molar-refractivity contribution in [1.82, 2.24) is 9.97 Å². The molecule has 122 valence electrons. The SMILES string of the molecule is COC(=O)Nc1cccc2nc3c(NC(=O)OC)cccc3nc12. The molecule has 0 radical (unpaired) electrons. The van der Waals surface area contributed by atoms with E-state index < -0.39 is 12.2 Å². The molecule has 3 rings (SSSR count). The first-order chi connectivity index (χ1) is 11.6. The summed E-state index contributed by atoms with van der Waals surface area (Å²) in [6.07, 6.45) is -1.18. The van der Waals surface area contributed by atoms with E-state index in [-0.39, 0.29) is 0 Å². The molecule has 24 heavy (non-hydrogen) atoms. The zero-order valence-corrected chi connectivity index (χ0v) is 13.0. The molecule has 0 saturated heterocycles. The van der Waals surface area contributed by atoms with E-state index in [9.17, 15) is 9.59 Å². The van der Waals surface area contributed by atoms with E-state index in [0.29, 0.717) is 33.4 Å². The maximum Gasteiger partial charge on any atom is 0.411 e. The zero-order valence-electron chi connectivity index (χ0n) is 13.0. The van der Waals surface area contributed by atoms with Crippen LogP contribution in [0.25, 0.3) is 22.1 Å². The monoisotopic (exact) mass is 326 g/mol. The molecule has 2 N–H and O–H groups in total. The quantitative estimate of drug-likeness (QED) is 0.701. The Bertz CT molecular complexity index is 864. The number of para-hydroxylation sites is 2. The zero-order chi connectivity index (χ0) is 17.1. The molecule has 0 aliphatic carbocycles. The molecule has 1 heterocycles. The standard InChI is InChI=1S/C16H14N4O4/c1-23-15(21)19-11-7-3-5-9-13(11)17-10-6-4-8-12(14(10)18-9)20-16(22)24-2/h3-8H,1-2H3,(H,19,21)(H,20,22). The minimum absolute atomic E-state index is 0.486. The lowest BCUT2D eigenvalue weighted by Crippen LogP contribution is -2.12. The summed E-state index contributed by atoms with van der Waals surface area (Å²) in [5, 5.41) is 5.20. The number of methoxy groups -OCH3 is 2. The van der Waals surface area contributed by atoms with Gasteiger partial charge in [-0.15, -0.1) is 0 Å². The second kappa shape index (κ2) is 6.37. The van der Waals surface area contributed by atoms with E-state index in [1.807, 2.05) is 0 Å². The summed E-state index contributed by atoms with van der Waals surface area (Å²) in [5.74, 6) is 0. The van der Waals surface area contributed by atoms with Gasteiger partial charge >= 0.3 is 12.2 Å². The van der Waals surface area contributed by atoms with Crippen LogP contribution in [-0.2, 0) is 9.47 Å². The van der Waals surface area contributed by atoms with Crippen LogP contribution in [0.1, 0.15) is 0 Å². The molecule has 0 unspecified atom stereocenters. The smallest absolute Gasteiger partial charge is 0.411 e. The minimum Gasteiger partial charge on any atom is -0.453 e. The number of nitrogens with zero attached hydrogens (tertiary/aromatic N) is 2. The van der Waals surface area contributed by atoms with Crippen LogP contribution in [0, 0.1) is 0 Å². The molecule has 8 heteroatoms. The van der Waals surface area contributed by atoms with Crippen molar-refractivity contribution in [1.29, 1.82) is 0 Å². The van der Waals surface area contributed by atoms with Gasteiger partial charge in [0, 0.05) is 0 Å². The molecule has 0 saturated carbocycles. The van der Waals surface area contributed by atoms with Gasteiger partial charge in [0.15, 0.2) is 0 Å². The number of benzene rings is 2. The number of anilines is 2. The summed E-state index contributed by atoms with van der Waals surface area (Å²) in [7, 11) is 2.57. The largest absolute Gasteiger partial charge is 0.453 e. The molecule has 0 spiro atoms. The second-order valence-corrected chi connectivity index (χ2v) is 4.80. The molecule has 0 fully saturated rings. The van der Waals surface area contributed by atoms with Gasteiger partial charge in [0.1, 0.15) is 11.0 Å². The summed E-state index contributed by atoms with van der Waals surface area (Å²) in [5.41, 5.74) is 3.14. The fourth-order valence-corrected chi connectivity index (χ4v) is 2.24. The highest BCUT2D eigenvalue weighted by Gasteiger charge is 2.12. The van der Waals surface area contributed by atoms with Crippen LogP contribution < -0.4 is 10.6 Å². The first-order valence-electron chi connectivity index (χ1n) is 7.02. The Morgan fingerprint density at radius 2 is 1.21 bits per heavy atom. The molecule has 0 aliphatic heterocycles. The van der Waals surface area contributed by atoms with Crippen LogP contribution in [0.5, 0.6) is 0 Å². The number of carbonyl (C=O) groups is 2. The Morgan fingerprint density at radius 3 is 1.58 bits per heavy atom. The normalized spacial score (nSPS) is 10.4. The number of hydrogen-bond donors (Lipinski definition) is 2. The third-order valence-electron chi connectivity index (χ3n) is 3.34. The van der Waals surface area contributed by atoms with Crippen molar-refractivity contribution >= 4 is 45.6 Å². The lowest BCUT2D eigenvalue weighted by molar-refractivity contribution is 0.186. The molecule has 8 nitrogen and oxygen atoms in total. The Morgan fingerprint density at radius 1 is 0.792 bits per heavy atom. The van der Waals surface area contributed by atoms with Gasteiger partial charge in [-0.1, -0.05) is 12.1 Å². The topological polar surface area (TPSA) is 102 Å². The Kier molecular flexibility index (Phi) is 4.11. The average Bonchev–Trinajstić information content (AvgIpc) is 2.60. The highest BCUT2D eigenvalue weighted by Crippen LogP contribution is 2.26. The number of hydrogen-bond acceptors (Lipinski definition) is 6. The van der Waals surface area contributed by atoms with E-state index >= 15 is 0 Å². The van der Waals surface area contributed by atoms with E-state index in [2.05, 4.69) is 30.1 Å². The lowest BCUT2D eigenvalue weighted by atomic mass is 10.2. The van der Waals surface area contributed by atoms with Crippen LogP contribution in [0.4, 0.5) is 21.0 Å². The van der Waals surface area contributed by atoms with Crippen LogP contribution in [0.3, 0.4) is 0 Å². The third kappa shape index (κ3) is 2.89. The highest BCUT2D eigenvalue weighted by atomic mass is 16.5. The van der Waals surface area contributed by atoms with Crippen LogP contribution >= 0.6 is 0 Å². The first-order valence-corrected chi connectivity index (χ1v) is 7.02. The fourth-order valence-electron chi connectivity index (χ4n) is 2.24. The maximum atomic E-state index is 11.5. The van der Waals surface area contributed by atoms with Gasteiger partial charge in [-0.05, 0) is 24.3 Å². The molecule has 0 aliphatic rings. The minimum atomic E-state index is -0.592. The molecule has 1 aromatic heterocycles. The summed E-state index contributed by atoms with van der Waals surface area (Å²) >= 11 is 0. The summed E-state index contributed by atoms with van der Waals surface area (Å²) in [6, 6.07) is 10.4. The Labute approximate surface area is 136 Å². The number of aromatic nitrogens is 2. The van der Waals surface area contributed by atoms with Crippen molar-refractivity contribution in [3.05, 3.63) is 36.4 Å².